The maximum Gasteiger partial charge on any atom is 0.408 e. The summed E-state index contributed by atoms with van der Waals surface area (Å²) in [4.78, 5) is 22.8. The molecule has 0 unspecified atom stereocenters. The van der Waals surface area contributed by atoms with Gasteiger partial charge in [-0.2, -0.15) is 0 Å². The van der Waals surface area contributed by atoms with Gasteiger partial charge in [-0.15, -0.1) is 0 Å². The Morgan fingerprint density at radius 3 is 2.48 bits per heavy atom. The van der Waals surface area contributed by atoms with Crippen molar-refractivity contribution in [2.45, 2.75) is 38.5 Å². The zero-order valence-electron chi connectivity index (χ0n) is 11.9. The molecule has 1 aromatic rings. The van der Waals surface area contributed by atoms with Crippen LogP contribution < -0.4 is 10.4 Å². The number of ether oxygens (including phenoxy) is 1. The van der Waals surface area contributed by atoms with Gasteiger partial charge in [0.2, 0.25) is 0 Å². The molecule has 2 atom stereocenters. The first-order chi connectivity index (χ1) is 9.60. The first-order valence-corrected chi connectivity index (χ1v) is 7.03. The van der Waals surface area contributed by atoms with E-state index in [2.05, 4.69) is 21.2 Å². The van der Waals surface area contributed by atoms with E-state index in [1.165, 1.54) is 0 Å². The number of aliphatic hydroxyl groups is 1. The summed E-state index contributed by atoms with van der Waals surface area (Å²) in [6.07, 6.45) is -2.40. The summed E-state index contributed by atoms with van der Waals surface area (Å²) in [5.74, 6) is -1.60. The van der Waals surface area contributed by atoms with Gasteiger partial charge in [-0.05, 0) is 38.5 Å². The van der Waals surface area contributed by atoms with Crippen LogP contribution in [0.4, 0.5) is 4.79 Å². The Morgan fingerprint density at radius 1 is 1.38 bits per heavy atom. The highest BCUT2D eigenvalue weighted by Crippen LogP contribution is 2.21. The average molecular weight is 359 g/mol. The molecule has 0 heterocycles. The van der Waals surface area contributed by atoms with E-state index in [9.17, 15) is 19.8 Å². The first-order valence-electron chi connectivity index (χ1n) is 6.24. The van der Waals surface area contributed by atoms with Crippen molar-refractivity contribution in [1.82, 2.24) is 5.32 Å². The van der Waals surface area contributed by atoms with Crippen molar-refractivity contribution < 1.29 is 24.5 Å². The molecule has 1 aromatic carbocycles. The van der Waals surface area contributed by atoms with Crippen LogP contribution >= 0.6 is 15.9 Å². The second kappa shape index (κ2) is 6.91. The van der Waals surface area contributed by atoms with Gasteiger partial charge in [-0.1, -0.05) is 28.1 Å². The summed E-state index contributed by atoms with van der Waals surface area (Å²) in [6, 6.07) is 4.85. The van der Waals surface area contributed by atoms with E-state index in [4.69, 9.17) is 4.74 Å². The molecule has 116 valence electrons. The quantitative estimate of drug-likeness (QED) is 0.840. The lowest BCUT2D eigenvalue weighted by Crippen LogP contribution is -2.52. The van der Waals surface area contributed by atoms with E-state index in [1.54, 1.807) is 45.0 Å². The highest BCUT2D eigenvalue weighted by atomic mass is 79.9. The predicted octanol–water partition coefficient (Wildman–Crippen LogP) is 1.13. The maximum atomic E-state index is 11.6. The summed E-state index contributed by atoms with van der Waals surface area (Å²) in [6.45, 7) is 4.93. The molecule has 0 aliphatic carbocycles. The van der Waals surface area contributed by atoms with Gasteiger partial charge in [0.05, 0.1) is 5.97 Å². The summed E-state index contributed by atoms with van der Waals surface area (Å²) in [5.41, 5.74) is -0.448. The molecule has 0 spiro atoms. The molecule has 0 saturated heterocycles. The highest BCUT2D eigenvalue weighted by molar-refractivity contribution is 9.10. The molecule has 0 bridgehead atoms. The van der Waals surface area contributed by atoms with Gasteiger partial charge in [0.25, 0.3) is 0 Å². The van der Waals surface area contributed by atoms with E-state index in [0.717, 1.165) is 0 Å². The van der Waals surface area contributed by atoms with E-state index >= 15 is 0 Å². The van der Waals surface area contributed by atoms with Gasteiger partial charge in [-0.3, -0.25) is 0 Å². The van der Waals surface area contributed by atoms with Crippen LogP contribution in [0.5, 0.6) is 0 Å². The van der Waals surface area contributed by atoms with E-state index in [0.29, 0.717) is 10.0 Å². The molecular formula is C14H17BrNO5-. The molecule has 0 aliphatic rings. The van der Waals surface area contributed by atoms with Crippen molar-refractivity contribution in [2.24, 2.45) is 0 Å². The molecule has 6 nitrogen and oxygen atoms in total. The van der Waals surface area contributed by atoms with Gasteiger partial charge in [0, 0.05) is 4.47 Å². The number of hydrogen-bond donors (Lipinski definition) is 2. The van der Waals surface area contributed by atoms with E-state index in [1.807, 2.05) is 0 Å². The van der Waals surface area contributed by atoms with Crippen LogP contribution in [-0.2, 0) is 9.53 Å². The lowest BCUT2D eigenvalue weighted by Gasteiger charge is -2.27. The Labute approximate surface area is 131 Å². The van der Waals surface area contributed by atoms with Gasteiger partial charge < -0.3 is 25.1 Å². The average Bonchev–Trinajstić information content (AvgIpc) is 2.32. The minimum absolute atomic E-state index is 0.328. The number of carboxylic acid groups (broad SMARTS) is 1. The number of benzene rings is 1. The van der Waals surface area contributed by atoms with Crippen molar-refractivity contribution in [2.75, 3.05) is 0 Å². The Balaban J connectivity index is 2.87. The SMILES string of the molecule is CC(C)(C)OC(=O)N[C@H](C(=O)[O-])[C@@H](O)c1cccc(Br)c1. The number of carbonyl (C=O) groups is 2. The van der Waals surface area contributed by atoms with E-state index < -0.39 is 29.8 Å². The van der Waals surface area contributed by atoms with Crippen LogP contribution in [0.15, 0.2) is 28.7 Å². The standard InChI is InChI=1S/C14H18BrNO5/c1-14(2,3)21-13(20)16-10(12(18)19)11(17)8-5-4-6-9(15)7-8/h4-7,10-11,17H,1-3H3,(H,16,20)(H,18,19)/p-1/t10-,11-/m0/s1. The monoisotopic (exact) mass is 358 g/mol. The summed E-state index contributed by atoms with van der Waals surface area (Å²) in [5, 5.41) is 23.4. The third-order valence-electron chi connectivity index (χ3n) is 2.43. The van der Waals surface area contributed by atoms with Crippen LogP contribution in [0.25, 0.3) is 0 Å². The molecule has 0 radical (unpaired) electrons. The largest absolute Gasteiger partial charge is 0.548 e. The van der Waals surface area contributed by atoms with Crippen molar-refractivity contribution in [3.8, 4) is 0 Å². The van der Waals surface area contributed by atoms with Gasteiger partial charge in [0.15, 0.2) is 0 Å². The Morgan fingerprint density at radius 2 is 2.00 bits per heavy atom. The third kappa shape index (κ3) is 5.73. The second-order valence-corrected chi connectivity index (χ2v) is 6.36. The normalized spacial score (nSPS) is 14.1. The number of carboxylic acids is 1. The lowest BCUT2D eigenvalue weighted by atomic mass is 10.0. The third-order valence-corrected chi connectivity index (χ3v) is 2.93. The zero-order chi connectivity index (χ0) is 16.2. The van der Waals surface area contributed by atoms with Crippen molar-refractivity contribution in [3.05, 3.63) is 34.3 Å². The van der Waals surface area contributed by atoms with Crippen molar-refractivity contribution in [1.29, 1.82) is 0 Å². The molecular weight excluding hydrogens is 342 g/mol. The van der Waals surface area contributed by atoms with Gasteiger partial charge in [0.1, 0.15) is 17.7 Å². The van der Waals surface area contributed by atoms with Crippen molar-refractivity contribution >= 4 is 28.0 Å². The number of rotatable bonds is 4. The summed E-state index contributed by atoms with van der Waals surface area (Å²) in [7, 11) is 0. The minimum atomic E-state index is -1.62. The predicted molar refractivity (Wildman–Crippen MR) is 77.3 cm³/mol. The molecule has 2 N–H and O–H groups in total. The number of nitrogens with one attached hydrogen (secondary N) is 1. The molecule has 0 aliphatic heterocycles. The molecule has 1 amide bonds. The number of hydrogen-bond acceptors (Lipinski definition) is 5. The molecule has 0 aromatic heterocycles. The zero-order valence-corrected chi connectivity index (χ0v) is 13.5. The van der Waals surface area contributed by atoms with Crippen LogP contribution in [0.1, 0.15) is 32.4 Å². The Bertz CT molecular complexity index is 526. The van der Waals surface area contributed by atoms with Crippen molar-refractivity contribution in [3.63, 3.8) is 0 Å². The van der Waals surface area contributed by atoms with Gasteiger partial charge in [-0.25, -0.2) is 4.79 Å². The molecule has 0 saturated carbocycles. The maximum absolute atomic E-state index is 11.6. The number of amides is 1. The topological polar surface area (TPSA) is 98.7 Å². The van der Waals surface area contributed by atoms with Crippen LogP contribution in [-0.4, -0.2) is 28.8 Å². The number of alkyl carbamates (subject to hydrolysis) is 1. The number of carbonyl (C=O) groups excluding carboxylic acids is 2. The van der Waals surface area contributed by atoms with E-state index in [-0.39, 0.29) is 0 Å². The smallest absolute Gasteiger partial charge is 0.408 e. The summed E-state index contributed by atoms with van der Waals surface area (Å²) < 4.78 is 5.64. The van der Waals surface area contributed by atoms with Crippen LogP contribution in [0.3, 0.4) is 0 Å². The molecule has 21 heavy (non-hydrogen) atoms. The van der Waals surface area contributed by atoms with Crippen LogP contribution in [0.2, 0.25) is 0 Å². The molecule has 1 rings (SSSR count). The number of aliphatic carboxylic acids is 1. The summed E-state index contributed by atoms with van der Waals surface area (Å²) >= 11 is 3.22. The second-order valence-electron chi connectivity index (χ2n) is 5.44. The highest BCUT2D eigenvalue weighted by Gasteiger charge is 2.26. The fourth-order valence-corrected chi connectivity index (χ4v) is 2.00. The molecule has 0 fully saturated rings. The minimum Gasteiger partial charge on any atom is -0.548 e. The molecule has 7 heteroatoms. The Hall–Kier alpha value is -1.60. The lowest BCUT2D eigenvalue weighted by molar-refractivity contribution is -0.310. The number of aliphatic hydroxyl groups excluding tert-OH is 1. The first kappa shape index (κ1) is 17.5. The fourth-order valence-electron chi connectivity index (χ4n) is 1.58. The number of halogens is 1. The van der Waals surface area contributed by atoms with Crippen LogP contribution in [0, 0.1) is 0 Å². The fraction of sp³-hybridized carbons (Fsp3) is 0.429. The van der Waals surface area contributed by atoms with Gasteiger partial charge >= 0.3 is 6.09 Å². The Kier molecular flexibility index (Phi) is 5.74.